The molecule has 94 valence electrons. The molecule has 2 aliphatic heterocycles. The minimum Gasteiger partial charge on any atom is -0.321 e. The van der Waals surface area contributed by atoms with Crippen LogP contribution in [0.1, 0.15) is 25.1 Å². The van der Waals surface area contributed by atoms with Crippen molar-refractivity contribution in [1.29, 1.82) is 0 Å². The van der Waals surface area contributed by atoms with Gasteiger partial charge < -0.3 is 9.88 Å². The van der Waals surface area contributed by atoms with Crippen molar-refractivity contribution < 1.29 is 0 Å². The van der Waals surface area contributed by atoms with Gasteiger partial charge in [0.15, 0.2) is 0 Å². The Hall–Kier alpha value is -0.580. The second kappa shape index (κ2) is 4.59. The van der Waals surface area contributed by atoms with E-state index in [4.69, 9.17) is 11.6 Å². The van der Waals surface area contributed by atoms with Crippen LogP contribution in [0.4, 0.5) is 0 Å². The molecule has 0 amide bonds. The summed E-state index contributed by atoms with van der Waals surface area (Å²) in [6.07, 6.45) is 5.67. The minimum absolute atomic E-state index is 0.679. The minimum atomic E-state index is 0.679. The van der Waals surface area contributed by atoms with E-state index in [2.05, 4.69) is 15.2 Å². The molecule has 2 fully saturated rings. The maximum Gasteiger partial charge on any atom is 0.128 e. The van der Waals surface area contributed by atoms with E-state index in [1.165, 1.54) is 25.8 Å². The van der Waals surface area contributed by atoms with E-state index in [0.717, 1.165) is 30.1 Å². The van der Waals surface area contributed by atoms with Gasteiger partial charge >= 0.3 is 0 Å². The van der Waals surface area contributed by atoms with Crippen molar-refractivity contribution in [3.63, 3.8) is 0 Å². The highest BCUT2D eigenvalue weighted by atomic mass is 35.5. The predicted octanol–water partition coefficient (Wildman–Crippen LogP) is 1.40. The molecule has 1 N–H and O–H groups in total. The molecule has 17 heavy (non-hydrogen) atoms. The van der Waals surface area contributed by atoms with Gasteiger partial charge in [-0.25, -0.2) is 4.98 Å². The standard InChI is InChI=1S/C12H19ClN4/c1-16-11(13)6-14-12(16)8-17-5-4-9-2-3-10(7-17)15-9/h6,9-10,15H,2-5,7-8H2,1H3. The van der Waals surface area contributed by atoms with Gasteiger partial charge in [-0.2, -0.15) is 0 Å². The van der Waals surface area contributed by atoms with Gasteiger partial charge in [0.2, 0.25) is 0 Å². The van der Waals surface area contributed by atoms with Gasteiger partial charge in [-0.3, -0.25) is 4.90 Å². The van der Waals surface area contributed by atoms with Crippen LogP contribution >= 0.6 is 11.6 Å². The first kappa shape index (κ1) is 11.5. The van der Waals surface area contributed by atoms with Crippen LogP contribution in [-0.2, 0) is 13.6 Å². The number of likely N-dealkylation sites (tertiary alicyclic amines) is 1. The van der Waals surface area contributed by atoms with Gasteiger partial charge in [-0.1, -0.05) is 11.6 Å². The molecular formula is C12H19ClN4. The molecule has 2 bridgehead atoms. The Morgan fingerprint density at radius 2 is 2.24 bits per heavy atom. The Morgan fingerprint density at radius 3 is 3.00 bits per heavy atom. The number of fused-ring (bicyclic) bond motifs is 2. The van der Waals surface area contributed by atoms with Crippen molar-refractivity contribution in [3.05, 3.63) is 17.2 Å². The molecule has 3 heterocycles. The Kier molecular flexibility index (Phi) is 3.11. The zero-order valence-electron chi connectivity index (χ0n) is 10.2. The highest BCUT2D eigenvalue weighted by Crippen LogP contribution is 2.21. The molecule has 4 nitrogen and oxygen atoms in total. The van der Waals surface area contributed by atoms with Gasteiger partial charge in [0.05, 0.1) is 12.7 Å². The molecule has 1 aromatic rings. The van der Waals surface area contributed by atoms with Crippen LogP contribution in [0.2, 0.25) is 5.15 Å². The summed E-state index contributed by atoms with van der Waals surface area (Å²) < 4.78 is 1.97. The smallest absolute Gasteiger partial charge is 0.128 e. The topological polar surface area (TPSA) is 33.1 Å². The molecule has 5 heteroatoms. The number of halogens is 1. The van der Waals surface area contributed by atoms with E-state index >= 15 is 0 Å². The molecule has 2 unspecified atom stereocenters. The van der Waals surface area contributed by atoms with Crippen molar-refractivity contribution in [1.82, 2.24) is 19.8 Å². The lowest BCUT2D eigenvalue weighted by atomic mass is 10.1. The van der Waals surface area contributed by atoms with Crippen LogP contribution in [0.3, 0.4) is 0 Å². The molecule has 2 saturated heterocycles. The number of nitrogens with one attached hydrogen (secondary N) is 1. The fraction of sp³-hybridized carbons (Fsp3) is 0.750. The van der Waals surface area contributed by atoms with Crippen molar-refractivity contribution in [2.45, 2.75) is 37.9 Å². The molecule has 0 aliphatic carbocycles. The van der Waals surface area contributed by atoms with Gasteiger partial charge in [0, 0.05) is 32.2 Å². The Bertz CT molecular complexity index is 403. The summed E-state index contributed by atoms with van der Waals surface area (Å²) in [6.45, 7) is 3.22. The number of hydrogen-bond donors (Lipinski definition) is 1. The third-order valence-electron chi connectivity index (χ3n) is 4.00. The van der Waals surface area contributed by atoms with E-state index in [1.54, 1.807) is 6.20 Å². The molecule has 3 rings (SSSR count). The van der Waals surface area contributed by atoms with E-state index in [-0.39, 0.29) is 0 Å². The van der Waals surface area contributed by atoms with Crippen molar-refractivity contribution in [3.8, 4) is 0 Å². The van der Waals surface area contributed by atoms with E-state index in [1.807, 2.05) is 11.6 Å². The van der Waals surface area contributed by atoms with Gasteiger partial charge in [-0.15, -0.1) is 0 Å². The lowest BCUT2D eigenvalue weighted by Gasteiger charge is -2.23. The monoisotopic (exact) mass is 254 g/mol. The highest BCUT2D eigenvalue weighted by Gasteiger charge is 2.29. The zero-order chi connectivity index (χ0) is 11.8. The average Bonchev–Trinajstić information content (AvgIpc) is 2.79. The lowest BCUT2D eigenvalue weighted by molar-refractivity contribution is 0.243. The van der Waals surface area contributed by atoms with Crippen molar-refractivity contribution in [2.24, 2.45) is 7.05 Å². The first-order valence-electron chi connectivity index (χ1n) is 6.37. The Labute approximate surface area is 107 Å². The largest absolute Gasteiger partial charge is 0.321 e. The van der Waals surface area contributed by atoms with Crippen LogP contribution in [-0.4, -0.2) is 39.6 Å². The SMILES string of the molecule is Cn1c(Cl)cnc1CN1CCC2CCC(C1)N2. The molecule has 0 spiro atoms. The Balaban J connectivity index is 1.67. The van der Waals surface area contributed by atoms with Crippen LogP contribution in [0.5, 0.6) is 0 Å². The maximum absolute atomic E-state index is 6.01. The van der Waals surface area contributed by atoms with Gasteiger partial charge in [0.1, 0.15) is 11.0 Å². The zero-order valence-corrected chi connectivity index (χ0v) is 11.0. The predicted molar refractivity (Wildman–Crippen MR) is 68.1 cm³/mol. The molecule has 1 aromatic heterocycles. The summed E-state index contributed by atoms with van der Waals surface area (Å²) in [5.41, 5.74) is 0. The number of nitrogens with zero attached hydrogens (tertiary/aromatic N) is 3. The van der Waals surface area contributed by atoms with Crippen LogP contribution in [0.15, 0.2) is 6.20 Å². The fourth-order valence-electron chi connectivity index (χ4n) is 2.93. The lowest BCUT2D eigenvalue weighted by Crippen LogP contribution is -2.35. The molecule has 2 atom stereocenters. The first-order valence-corrected chi connectivity index (χ1v) is 6.74. The summed E-state index contributed by atoms with van der Waals surface area (Å²) in [4.78, 5) is 6.87. The third kappa shape index (κ3) is 2.34. The summed E-state index contributed by atoms with van der Waals surface area (Å²) in [5, 5.41) is 4.41. The van der Waals surface area contributed by atoms with Gasteiger partial charge in [-0.05, 0) is 19.3 Å². The number of rotatable bonds is 2. The molecule has 0 saturated carbocycles. The number of aromatic nitrogens is 2. The summed E-state index contributed by atoms with van der Waals surface area (Å²) in [7, 11) is 1.98. The number of imidazole rings is 1. The Morgan fingerprint density at radius 1 is 1.41 bits per heavy atom. The average molecular weight is 255 g/mol. The molecular weight excluding hydrogens is 236 g/mol. The molecule has 0 radical (unpaired) electrons. The van der Waals surface area contributed by atoms with E-state index < -0.39 is 0 Å². The first-order chi connectivity index (χ1) is 8.22. The normalized spacial score (nSPS) is 29.5. The third-order valence-corrected chi connectivity index (χ3v) is 4.35. The number of hydrogen-bond acceptors (Lipinski definition) is 3. The van der Waals surface area contributed by atoms with Crippen molar-refractivity contribution in [2.75, 3.05) is 13.1 Å². The summed E-state index contributed by atoms with van der Waals surface area (Å²) >= 11 is 6.01. The highest BCUT2D eigenvalue weighted by molar-refractivity contribution is 6.29. The molecule has 0 aromatic carbocycles. The maximum atomic E-state index is 6.01. The molecule has 2 aliphatic rings. The van der Waals surface area contributed by atoms with Crippen LogP contribution < -0.4 is 5.32 Å². The second-order valence-corrected chi connectivity index (χ2v) is 5.61. The second-order valence-electron chi connectivity index (χ2n) is 5.22. The van der Waals surface area contributed by atoms with Crippen LogP contribution in [0.25, 0.3) is 0 Å². The van der Waals surface area contributed by atoms with E-state index in [9.17, 15) is 0 Å². The van der Waals surface area contributed by atoms with Gasteiger partial charge in [0.25, 0.3) is 0 Å². The van der Waals surface area contributed by atoms with Crippen LogP contribution in [0, 0.1) is 0 Å². The fourth-order valence-corrected chi connectivity index (χ4v) is 3.08. The van der Waals surface area contributed by atoms with Crippen molar-refractivity contribution >= 4 is 11.6 Å². The van der Waals surface area contributed by atoms with E-state index in [0.29, 0.717) is 6.04 Å². The summed E-state index contributed by atoms with van der Waals surface area (Å²) in [5.74, 6) is 1.06. The quantitative estimate of drug-likeness (QED) is 0.866. The summed E-state index contributed by atoms with van der Waals surface area (Å²) in [6, 6.07) is 1.42.